The average Bonchev–Trinajstić information content (AvgIpc) is 2.35. The lowest BCUT2D eigenvalue weighted by atomic mass is 10.0. The van der Waals surface area contributed by atoms with E-state index in [2.05, 4.69) is 38.0 Å². The van der Waals surface area contributed by atoms with E-state index in [0.29, 0.717) is 6.04 Å². The van der Waals surface area contributed by atoms with Crippen molar-refractivity contribution in [3.8, 4) is 0 Å². The van der Waals surface area contributed by atoms with Gasteiger partial charge in [0.25, 0.3) is 0 Å². The molecule has 1 N–H and O–H groups in total. The Morgan fingerprint density at radius 1 is 1.33 bits per heavy atom. The summed E-state index contributed by atoms with van der Waals surface area (Å²) in [7, 11) is 2.24. The molecule has 3 heteroatoms. The zero-order chi connectivity index (χ0) is 13.4. The van der Waals surface area contributed by atoms with Gasteiger partial charge >= 0.3 is 0 Å². The van der Waals surface area contributed by atoms with E-state index in [1.54, 1.807) is 0 Å². The molecule has 3 nitrogen and oxygen atoms in total. The first-order valence-electron chi connectivity index (χ1n) is 7.58. The summed E-state index contributed by atoms with van der Waals surface area (Å²) in [5.41, 5.74) is 0. The molecule has 0 aromatic carbocycles. The highest BCUT2D eigenvalue weighted by Gasteiger charge is 2.18. The molecular formula is C15H32N2O. The van der Waals surface area contributed by atoms with Gasteiger partial charge in [-0.3, -0.25) is 0 Å². The maximum absolute atomic E-state index is 5.55. The normalized spacial score (nSPS) is 22.7. The highest BCUT2D eigenvalue weighted by atomic mass is 16.5. The van der Waals surface area contributed by atoms with Gasteiger partial charge in [-0.05, 0) is 51.6 Å². The Labute approximate surface area is 113 Å². The molecule has 0 spiro atoms. The monoisotopic (exact) mass is 256 g/mol. The van der Waals surface area contributed by atoms with E-state index >= 15 is 0 Å². The van der Waals surface area contributed by atoms with Crippen LogP contribution in [0.2, 0.25) is 0 Å². The molecule has 1 saturated heterocycles. The number of rotatable bonds is 8. The van der Waals surface area contributed by atoms with Crippen LogP contribution in [-0.2, 0) is 4.74 Å². The zero-order valence-electron chi connectivity index (χ0n) is 12.7. The molecule has 0 radical (unpaired) electrons. The Morgan fingerprint density at radius 2 is 2.11 bits per heavy atom. The largest absolute Gasteiger partial charge is 0.381 e. The first-order valence-corrected chi connectivity index (χ1v) is 7.58. The summed E-state index contributed by atoms with van der Waals surface area (Å²) in [5.74, 6) is 1.53. The standard InChI is InChI=1S/C15H32N2O/c1-13(2)7-8-16-10-14(3)17(4)11-15-6-5-9-18-12-15/h13-16H,5-12H2,1-4H3. The van der Waals surface area contributed by atoms with Gasteiger partial charge in [-0.1, -0.05) is 13.8 Å². The lowest BCUT2D eigenvalue weighted by Gasteiger charge is -2.31. The number of likely N-dealkylation sites (N-methyl/N-ethyl adjacent to an activating group) is 1. The second-order valence-electron chi connectivity index (χ2n) is 6.26. The molecule has 1 aliphatic rings. The second-order valence-corrected chi connectivity index (χ2v) is 6.26. The van der Waals surface area contributed by atoms with Crippen LogP contribution in [-0.4, -0.2) is 50.8 Å². The molecule has 18 heavy (non-hydrogen) atoms. The van der Waals surface area contributed by atoms with Crippen molar-refractivity contribution in [2.24, 2.45) is 11.8 Å². The minimum atomic E-state index is 0.610. The number of ether oxygens (including phenoxy) is 1. The number of nitrogens with one attached hydrogen (secondary N) is 1. The van der Waals surface area contributed by atoms with Crippen molar-refractivity contribution < 1.29 is 4.74 Å². The SMILES string of the molecule is CC(C)CCNCC(C)N(C)CC1CCCOC1. The minimum Gasteiger partial charge on any atom is -0.381 e. The predicted octanol–water partition coefficient (Wildman–Crippen LogP) is 2.37. The van der Waals surface area contributed by atoms with Crippen molar-refractivity contribution in [3.05, 3.63) is 0 Å². The number of hydrogen-bond donors (Lipinski definition) is 1. The molecule has 0 aliphatic carbocycles. The van der Waals surface area contributed by atoms with Crippen LogP contribution in [0.25, 0.3) is 0 Å². The molecule has 1 rings (SSSR count). The molecule has 0 aromatic rings. The van der Waals surface area contributed by atoms with Gasteiger partial charge in [-0.2, -0.15) is 0 Å². The first-order chi connectivity index (χ1) is 8.59. The van der Waals surface area contributed by atoms with E-state index in [9.17, 15) is 0 Å². The third kappa shape index (κ3) is 6.72. The Kier molecular flexibility index (Phi) is 7.87. The Morgan fingerprint density at radius 3 is 2.72 bits per heavy atom. The van der Waals surface area contributed by atoms with Crippen LogP contribution in [0.1, 0.15) is 40.0 Å². The minimum absolute atomic E-state index is 0.610. The molecule has 0 aromatic heterocycles. The van der Waals surface area contributed by atoms with Gasteiger partial charge in [0.15, 0.2) is 0 Å². The van der Waals surface area contributed by atoms with Crippen LogP contribution in [0.3, 0.4) is 0 Å². The maximum atomic E-state index is 5.55. The van der Waals surface area contributed by atoms with Crippen molar-refractivity contribution in [1.82, 2.24) is 10.2 Å². The van der Waals surface area contributed by atoms with E-state index in [4.69, 9.17) is 4.74 Å². The van der Waals surface area contributed by atoms with E-state index in [0.717, 1.165) is 38.1 Å². The Balaban J connectivity index is 2.09. The van der Waals surface area contributed by atoms with E-state index in [1.807, 2.05) is 0 Å². The van der Waals surface area contributed by atoms with E-state index in [-0.39, 0.29) is 0 Å². The van der Waals surface area contributed by atoms with Gasteiger partial charge in [-0.15, -0.1) is 0 Å². The molecule has 108 valence electrons. The molecule has 0 bridgehead atoms. The highest BCUT2D eigenvalue weighted by Crippen LogP contribution is 2.15. The van der Waals surface area contributed by atoms with Gasteiger partial charge in [0.1, 0.15) is 0 Å². The van der Waals surface area contributed by atoms with E-state index < -0.39 is 0 Å². The second kappa shape index (κ2) is 8.89. The summed E-state index contributed by atoms with van der Waals surface area (Å²) in [4.78, 5) is 2.47. The molecule has 1 fully saturated rings. The van der Waals surface area contributed by atoms with Crippen LogP contribution in [0.4, 0.5) is 0 Å². The van der Waals surface area contributed by atoms with Crippen molar-refractivity contribution in [2.45, 2.75) is 46.1 Å². The molecular weight excluding hydrogens is 224 g/mol. The molecule has 0 amide bonds. The van der Waals surface area contributed by atoms with Crippen molar-refractivity contribution in [3.63, 3.8) is 0 Å². The quantitative estimate of drug-likeness (QED) is 0.675. The lowest BCUT2D eigenvalue weighted by Crippen LogP contribution is -2.42. The van der Waals surface area contributed by atoms with Gasteiger partial charge < -0.3 is 15.0 Å². The summed E-state index contributed by atoms with van der Waals surface area (Å²) in [6, 6.07) is 0.610. The average molecular weight is 256 g/mol. The smallest absolute Gasteiger partial charge is 0.0506 e. The maximum Gasteiger partial charge on any atom is 0.0506 e. The van der Waals surface area contributed by atoms with Gasteiger partial charge in [-0.25, -0.2) is 0 Å². The molecule has 2 unspecified atom stereocenters. The molecule has 2 atom stereocenters. The van der Waals surface area contributed by atoms with Crippen molar-refractivity contribution in [1.29, 1.82) is 0 Å². The van der Waals surface area contributed by atoms with Crippen molar-refractivity contribution in [2.75, 3.05) is 39.9 Å². The zero-order valence-corrected chi connectivity index (χ0v) is 12.7. The summed E-state index contributed by atoms with van der Waals surface area (Å²) in [5, 5.41) is 3.56. The fourth-order valence-corrected chi connectivity index (χ4v) is 2.40. The third-order valence-corrected chi connectivity index (χ3v) is 3.89. The summed E-state index contributed by atoms with van der Waals surface area (Å²) in [6.07, 6.45) is 3.84. The Hall–Kier alpha value is -0.120. The molecule has 1 aliphatic heterocycles. The fourth-order valence-electron chi connectivity index (χ4n) is 2.40. The highest BCUT2D eigenvalue weighted by molar-refractivity contribution is 4.72. The predicted molar refractivity (Wildman–Crippen MR) is 78.0 cm³/mol. The fraction of sp³-hybridized carbons (Fsp3) is 1.00. The van der Waals surface area contributed by atoms with Crippen LogP contribution >= 0.6 is 0 Å². The molecule has 1 heterocycles. The van der Waals surface area contributed by atoms with Gasteiger partial charge in [0, 0.05) is 25.7 Å². The van der Waals surface area contributed by atoms with Crippen LogP contribution in [0, 0.1) is 11.8 Å². The Bertz CT molecular complexity index is 203. The van der Waals surface area contributed by atoms with Crippen molar-refractivity contribution >= 4 is 0 Å². The number of hydrogen-bond acceptors (Lipinski definition) is 3. The van der Waals surface area contributed by atoms with Gasteiger partial charge in [0.05, 0.1) is 6.61 Å². The topological polar surface area (TPSA) is 24.5 Å². The summed E-state index contributed by atoms with van der Waals surface area (Å²) in [6.45, 7) is 12.2. The van der Waals surface area contributed by atoms with Crippen LogP contribution < -0.4 is 5.32 Å². The lowest BCUT2D eigenvalue weighted by molar-refractivity contribution is 0.0373. The van der Waals surface area contributed by atoms with E-state index in [1.165, 1.54) is 25.8 Å². The first kappa shape index (κ1) is 15.9. The summed E-state index contributed by atoms with van der Waals surface area (Å²) < 4.78 is 5.55. The number of nitrogens with zero attached hydrogens (tertiary/aromatic N) is 1. The third-order valence-electron chi connectivity index (χ3n) is 3.89. The summed E-state index contributed by atoms with van der Waals surface area (Å²) >= 11 is 0. The van der Waals surface area contributed by atoms with Gasteiger partial charge in [0.2, 0.25) is 0 Å². The molecule has 0 saturated carbocycles. The van der Waals surface area contributed by atoms with Crippen LogP contribution in [0.15, 0.2) is 0 Å². The van der Waals surface area contributed by atoms with Crippen LogP contribution in [0.5, 0.6) is 0 Å².